The predicted molar refractivity (Wildman–Crippen MR) is 74.1 cm³/mol. The first-order valence-corrected chi connectivity index (χ1v) is 6.33. The summed E-state index contributed by atoms with van der Waals surface area (Å²) in [4.78, 5) is 23.2. The first-order chi connectivity index (χ1) is 9.97. The molecule has 0 unspecified atom stereocenters. The van der Waals surface area contributed by atoms with E-state index in [0.29, 0.717) is 11.1 Å². The smallest absolute Gasteiger partial charge is 0.326 e. The van der Waals surface area contributed by atoms with Gasteiger partial charge in [-0.3, -0.25) is 4.79 Å². The van der Waals surface area contributed by atoms with Crippen LogP contribution in [0.1, 0.15) is 21.7 Å². The van der Waals surface area contributed by atoms with Gasteiger partial charge in [-0.25, -0.2) is 4.79 Å². The highest BCUT2D eigenvalue weighted by Gasteiger charge is 2.23. The van der Waals surface area contributed by atoms with Gasteiger partial charge < -0.3 is 19.9 Å². The lowest BCUT2D eigenvalue weighted by Crippen LogP contribution is -2.42. The third-order valence-electron chi connectivity index (χ3n) is 3.05. The molecule has 0 fully saturated rings. The number of carbonyl (C=O) groups is 2. The Hall–Kier alpha value is -2.76. The number of rotatable bonds is 5. The van der Waals surface area contributed by atoms with E-state index in [-0.39, 0.29) is 17.9 Å². The highest BCUT2D eigenvalue weighted by atomic mass is 16.4. The number of carboxylic acid groups (broad SMARTS) is 1. The fourth-order valence-corrected chi connectivity index (χ4v) is 1.90. The molecule has 0 radical (unpaired) electrons. The molecular weight excluding hydrogens is 274 g/mol. The average Bonchev–Trinajstić information content (AvgIpc) is 2.86. The number of furan rings is 1. The number of aliphatic carboxylic acids is 1. The highest BCUT2D eigenvalue weighted by Crippen LogP contribution is 2.13. The quantitative estimate of drug-likeness (QED) is 0.778. The molecule has 1 amide bonds. The number of amides is 1. The summed E-state index contributed by atoms with van der Waals surface area (Å²) < 4.78 is 5.03. The fraction of sp³-hybridized carbons (Fsp3) is 0.200. The molecule has 0 spiro atoms. The normalized spacial score (nSPS) is 11.9. The molecule has 21 heavy (non-hydrogen) atoms. The Morgan fingerprint density at radius 1 is 1.24 bits per heavy atom. The van der Waals surface area contributed by atoms with Crippen LogP contribution in [-0.2, 0) is 11.2 Å². The molecule has 0 aliphatic heterocycles. The van der Waals surface area contributed by atoms with Gasteiger partial charge >= 0.3 is 5.97 Å². The number of phenols is 1. The number of aryl methyl sites for hydroxylation is 1. The van der Waals surface area contributed by atoms with Gasteiger partial charge in [-0.2, -0.15) is 0 Å². The van der Waals surface area contributed by atoms with Crippen molar-refractivity contribution in [1.82, 2.24) is 5.32 Å². The summed E-state index contributed by atoms with van der Waals surface area (Å²) in [6.45, 7) is 1.70. The van der Waals surface area contributed by atoms with Crippen molar-refractivity contribution in [2.45, 2.75) is 19.4 Å². The minimum absolute atomic E-state index is 0.0980. The van der Waals surface area contributed by atoms with Gasteiger partial charge in [0.1, 0.15) is 11.8 Å². The molecule has 110 valence electrons. The predicted octanol–water partition coefficient (Wildman–Crippen LogP) is 1.72. The third kappa shape index (κ3) is 3.62. The molecule has 3 N–H and O–H groups in total. The van der Waals surface area contributed by atoms with Crippen molar-refractivity contribution >= 4 is 11.9 Å². The van der Waals surface area contributed by atoms with E-state index in [1.54, 1.807) is 25.1 Å². The maximum atomic E-state index is 12.0. The van der Waals surface area contributed by atoms with Crippen molar-refractivity contribution in [3.8, 4) is 5.75 Å². The minimum atomic E-state index is -1.14. The Kier molecular flexibility index (Phi) is 4.27. The van der Waals surface area contributed by atoms with Gasteiger partial charge in [0.15, 0.2) is 5.76 Å². The van der Waals surface area contributed by atoms with Crippen molar-refractivity contribution in [2.75, 3.05) is 0 Å². The van der Waals surface area contributed by atoms with Gasteiger partial charge in [-0.05, 0) is 30.7 Å². The monoisotopic (exact) mass is 289 g/mol. The standard InChI is InChI=1S/C15H15NO5/c1-9-6-7-21-13(9)14(18)16-12(15(19)20)8-10-2-4-11(17)5-3-10/h2-7,12,17H,8H2,1H3,(H,16,18)(H,19,20)/t12-/m1/s1. The molecular formula is C15H15NO5. The second kappa shape index (κ2) is 6.13. The first-order valence-electron chi connectivity index (χ1n) is 6.33. The maximum Gasteiger partial charge on any atom is 0.326 e. The topological polar surface area (TPSA) is 99.8 Å². The van der Waals surface area contributed by atoms with Gasteiger partial charge in [-0.15, -0.1) is 0 Å². The molecule has 0 bridgehead atoms. The number of hydrogen-bond donors (Lipinski definition) is 3. The summed E-state index contributed by atoms with van der Waals surface area (Å²) in [5.74, 6) is -1.50. The first kappa shape index (κ1) is 14.6. The Balaban J connectivity index is 2.09. The molecule has 6 heteroatoms. The summed E-state index contributed by atoms with van der Waals surface area (Å²) in [7, 11) is 0. The summed E-state index contributed by atoms with van der Waals surface area (Å²) >= 11 is 0. The second-order valence-electron chi connectivity index (χ2n) is 4.67. The molecule has 0 aliphatic carbocycles. The van der Waals surface area contributed by atoms with Crippen LogP contribution in [0, 0.1) is 6.92 Å². The number of nitrogens with one attached hydrogen (secondary N) is 1. The molecule has 2 rings (SSSR count). The average molecular weight is 289 g/mol. The van der Waals surface area contributed by atoms with Crippen molar-refractivity contribution in [3.63, 3.8) is 0 Å². The molecule has 6 nitrogen and oxygen atoms in total. The van der Waals surface area contributed by atoms with Gasteiger partial charge in [-0.1, -0.05) is 12.1 Å². The van der Waals surface area contributed by atoms with Gasteiger partial charge in [0.25, 0.3) is 5.91 Å². The van der Waals surface area contributed by atoms with Crippen LogP contribution in [0.3, 0.4) is 0 Å². The highest BCUT2D eigenvalue weighted by molar-refractivity contribution is 5.95. The van der Waals surface area contributed by atoms with Crippen molar-refractivity contribution in [1.29, 1.82) is 0 Å². The van der Waals surface area contributed by atoms with Crippen LogP contribution in [0.15, 0.2) is 41.0 Å². The summed E-state index contributed by atoms with van der Waals surface area (Å²) in [5.41, 5.74) is 1.33. The lowest BCUT2D eigenvalue weighted by Gasteiger charge is -2.14. The van der Waals surface area contributed by atoms with E-state index in [1.165, 1.54) is 18.4 Å². The summed E-state index contributed by atoms with van der Waals surface area (Å²) in [6, 6.07) is 6.70. The Bertz CT molecular complexity index is 644. The summed E-state index contributed by atoms with van der Waals surface area (Å²) in [6.07, 6.45) is 1.49. The van der Waals surface area contributed by atoms with Crippen molar-refractivity contribution in [2.24, 2.45) is 0 Å². The number of phenolic OH excluding ortho intramolecular Hbond substituents is 1. The van der Waals surface area contributed by atoms with Gasteiger partial charge in [0.2, 0.25) is 0 Å². The number of aromatic hydroxyl groups is 1. The largest absolute Gasteiger partial charge is 0.508 e. The van der Waals surface area contributed by atoms with Crippen molar-refractivity contribution in [3.05, 3.63) is 53.5 Å². The summed E-state index contributed by atoms with van der Waals surface area (Å²) in [5, 5.41) is 20.8. The van der Waals surface area contributed by atoms with E-state index in [9.17, 15) is 19.8 Å². The second-order valence-corrected chi connectivity index (χ2v) is 4.67. The van der Waals surface area contributed by atoms with Crippen molar-refractivity contribution < 1.29 is 24.2 Å². The number of benzene rings is 1. The van der Waals surface area contributed by atoms with Crippen LogP contribution in [-0.4, -0.2) is 28.1 Å². The molecule has 0 saturated heterocycles. The van der Waals surface area contributed by atoms with Crippen LogP contribution < -0.4 is 5.32 Å². The minimum Gasteiger partial charge on any atom is -0.508 e. The molecule has 0 saturated carbocycles. The molecule has 1 atom stereocenters. The molecule has 2 aromatic rings. The van der Waals surface area contributed by atoms with E-state index >= 15 is 0 Å². The van der Waals surface area contributed by atoms with Crippen LogP contribution in [0.2, 0.25) is 0 Å². The number of carbonyl (C=O) groups excluding carboxylic acids is 1. The van der Waals surface area contributed by atoms with E-state index in [4.69, 9.17) is 4.42 Å². The molecule has 1 aromatic carbocycles. The molecule has 1 aromatic heterocycles. The Morgan fingerprint density at radius 3 is 2.43 bits per heavy atom. The van der Waals surface area contributed by atoms with Crippen LogP contribution in [0.25, 0.3) is 0 Å². The zero-order chi connectivity index (χ0) is 15.4. The molecule has 1 heterocycles. The number of hydrogen-bond acceptors (Lipinski definition) is 4. The van der Waals surface area contributed by atoms with Gasteiger partial charge in [0, 0.05) is 12.0 Å². The van der Waals surface area contributed by atoms with Crippen LogP contribution in [0.4, 0.5) is 0 Å². The van der Waals surface area contributed by atoms with E-state index in [0.717, 1.165) is 0 Å². The fourth-order valence-electron chi connectivity index (χ4n) is 1.90. The zero-order valence-electron chi connectivity index (χ0n) is 11.4. The third-order valence-corrected chi connectivity index (χ3v) is 3.05. The lowest BCUT2D eigenvalue weighted by molar-refractivity contribution is -0.139. The Morgan fingerprint density at radius 2 is 1.90 bits per heavy atom. The zero-order valence-corrected chi connectivity index (χ0v) is 11.4. The van der Waals surface area contributed by atoms with E-state index in [2.05, 4.69) is 5.32 Å². The maximum absolute atomic E-state index is 12.0. The SMILES string of the molecule is Cc1ccoc1C(=O)N[C@H](Cc1ccc(O)cc1)C(=O)O. The van der Waals surface area contributed by atoms with Crippen LogP contribution in [0.5, 0.6) is 5.75 Å². The lowest BCUT2D eigenvalue weighted by atomic mass is 10.1. The van der Waals surface area contributed by atoms with E-state index < -0.39 is 17.9 Å². The Labute approximate surface area is 121 Å². The number of carboxylic acids is 1. The van der Waals surface area contributed by atoms with Crippen LogP contribution >= 0.6 is 0 Å². The molecule has 0 aliphatic rings. The van der Waals surface area contributed by atoms with Gasteiger partial charge in [0.05, 0.1) is 6.26 Å². The van der Waals surface area contributed by atoms with E-state index in [1.807, 2.05) is 0 Å².